The summed E-state index contributed by atoms with van der Waals surface area (Å²) in [5, 5.41) is 12.3. The van der Waals surface area contributed by atoms with Gasteiger partial charge in [0.2, 0.25) is 5.91 Å². The maximum absolute atomic E-state index is 12.3. The number of carbonyl (C=O) groups excluding carboxylic acids is 1. The zero-order chi connectivity index (χ0) is 17.6. The lowest BCUT2D eigenvalue weighted by atomic mass is 10.2. The topological polar surface area (TPSA) is 65.4 Å². The third-order valence-electron chi connectivity index (χ3n) is 4.26. The molecule has 1 atom stereocenters. The maximum Gasteiger partial charge on any atom is 0.244 e. The highest BCUT2D eigenvalue weighted by Gasteiger charge is 2.22. The van der Waals surface area contributed by atoms with E-state index < -0.39 is 0 Å². The SMILES string of the molecule is CC(Nc1ccc(Oc2ccccc2C#N)cc1)C(=O)N1CCCC1. The van der Waals surface area contributed by atoms with Crippen molar-refractivity contribution in [2.75, 3.05) is 18.4 Å². The minimum Gasteiger partial charge on any atom is -0.456 e. The molecule has 0 spiro atoms. The Morgan fingerprint density at radius 1 is 1.16 bits per heavy atom. The van der Waals surface area contributed by atoms with Gasteiger partial charge in [-0.1, -0.05) is 12.1 Å². The summed E-state index contributed by atoms with van der Waals surface area (Å²) in [6.45, 7) is 3.60. The van der Waals surface area contributed by atoms with Crippen molar-refractivity contribution in [3.63, 3.8) is 0 Å². The first-order valence-electron chi connectivity index (χ1n) is 8.50. The van der Waals surface area contributed by atoms with Crippen LogP contribution in [0.5, 0.6) is 11.5 Å². The number of benzene rings is 2. The normalized spacial score (nSPS) is 14.6. The van der Waals surface area contributed by atoms with Gasteiger partial charge in [-0.3, -0.25) is 4.79 Å². The molecule has 0 aromatic heterocycles. The molecular formula is C20H21N3O2. The molecule has 128 valence electrons. The molecule has 1 unspecified atom stereocenters. The Labute approximate surface area is 147 Å². The number of nitrogens with one attached hydrogen (secondary N) is 1. The van der Waals surface area contributed by atoms with E-state index in [-0.39, 0.29) is 11.9 Å². The van der Waals surface area contributed by atoms with E-state index in [0.29, 0.717) is 17.1 Å². The Morgan fingerprint density at radius 2 is 1.84 bits per heavy atom. The number of ether oxygens (including phenoxy) is 1. The second kappa shape index (κ2) is 7.71. The molecule has 1 amide bonds. The van der Waals surface area contributed by atoms with E-state index in [2.05, 4.69) is 11.4 Å². The van der Waals surface area contributed by atoms with Crippen LogP contribution in [0.4, 0.5) is 5.69 Å². The molecule has 2 aromatic rings. The summed E-state index contributed by atoms with van der Waals surface area (Å²) < 4.78 is 5.76. The molecule has 0 bridgehead atoms. The number of carbonyl (C=O) groups is 1. The monoisotopic (exact) mass is 335 g/mol. The van der Waals surface area contributed by atoms with Gasteiger partial charge in [-0.2, -0.15) is 5.26 Å². The van der Waals surface area contributed by atoms with Crippen LogP contribution in [0.2, 0.25) is 0 Å². The molecule has 0 aliphatic carbocycles. The van der Waals surface area contributed by atoms with Gasteiger partial charge in [-0.15, -0.1) is 0 Å². The lowest BCUT2D eigenvalue weighted by molar-refractivity contribution is -0.130. The van der Waals surface area contributed by atoms with E-state index in [1.54, 1.807) is 18.2 Å². The van der Waals surface area contributed by atoms with Gasteiger partial charge in [0.15, 0.2) is 0 Å². The summed E-state index contributed by atoms with van der Waals surface area (Å²) in [7, 11) is 0. The summed E-state index contributed by atoms with van der Waals surface area (Å²) in [5.41, 5.74) is 1.36. The van der Waals surface area contributed by atoms with Gasteiger partial charge in [-0.05, 0) is 56.2 Å². The minimum absolute atomic E-state index is 0.140. The molecule has 3 rings (SSSR count). The number of hydrogen-bond acceptors (Lipinski definition) is 4. The highest BCUT2D eigenvalue weighted by molar-refractivity contribution is 5.84. The fraction of sp³-hybridized carbons (Fsp3) is 0.300. The molecule has 5 heteroatoms. The Hall–Kier alpha value is -3.00. The molecular weight excluding hydrogens is 314 g/mol. The van der Waals surface area contributed by atoms with Crippen LogP contribution >= 0.6 is 0 Å². The summed E-state index contributed by atoms with van der Waals surface area (Å²) in [6.07, 6.45) is 2.18. The number of rotatable bonds is 5. The summed E-state index contributed by atoms with van der Waals surface area (Å²) in [4.78, 5) is 14.2. The average Bonchev–Trinajstić information content (AvgIpc) is 3.18. The largest absolute Gasteiger partial charge is 0.456 e. The summed E-state index contributed by atoms with van der Waals surface area (Å²) >= 11 is 0. The van der Waals surface area contributed by atoms with Gasteiger partial charge in [0.05, 0.1) is 5.56 Å². The lowest BCUT2D eigenvalue weighted by Crippen LogP contribution is -2.39. The van der Waals surface area contributed by atoms with Crippen molar-refractivity contribution in [1.29, 1.82) is 5.26 Å². The second-order valence-electron chi connectivity index (χ2n) is 6.13. The number of hydrogen-bond donors (Lipinski definition) is 1. The van der Waals surface area contributed by atoms with Gasteiger partial charge < -0.3 is 15.0 Å². The fourth-order valence-electron chi connectivity index (χ4n) is 2.92. The van der Waals surface area contributed by atoms with E-state index in [4.69, 9.17) is 10.00 Å². The number of likely N-dealkylation sites (tertiary alicyclic amines) is 1. The zero-order valence-corrected chi connectivity index (χ0v) is 14.2. The highest BCUT2D eigenvalue weighted by atomic mass is 16.5. The predicted octanol–water partition coefficient (Wildman–Crippen LogP) is 3.77. The quantitative estimate of drug-likeness (QED) is 0.903. The smallest absolute Gasteiger partial charge is 0.244 e. The van der Waals surface area contributed by atoms with Crippen LogP contribution in [-0.4, -0.2) is 29.9 Å². The Balaban J connectivity index is 1.62. The van der Waals surface area contributed by atoms with Crippen molar-refractivity contribution < 1.29 is 9.53 Å². The molecule has 1 fully saturated rings. The van der Waals surface area contributed by atoms with Crippen LogP contribution < -0.4 is 10.1 Å². The number of nitriles is 1. The van der Waals surface area contributed by atoms with E-state index in [1.165, 1.54) is 0 Å². The zero-order valence-electron chi connectivity index (χ0n) is 14.2. The first kappa shape index (κ1) is 16.8. The van der Waals surface area contributed by atoms with Crippen LogP contribution in [0.3, 0.4) is 0 Å². The van der Waals surface area contributed by atoms with Crippen molar-refractivity contribution in [2.24, 2.45) is 0 Å². The van der Waals surface area contributed by atoms with E-state index >= 15 is 0 Å². The van der Waals surface area contributed by atoms with Crippen LogP contribution in [0.25, 0.3) is 0 Å². The average molecular weight is 335 g/mol. The highest BCUT2D eigenvalue weighted by Crippen LogP contribution is 2.26. The molecule has 1 N–H and O–H groups in total. The number of para-hydroxylation sites is 1. The number of amides is 1. The van der Waals surface area contributed by atoms with Crippen LogP contribution in [0.1, 0.15) is 25.3 Å². The van der Waals surface area contributed by atoms with E-state index in [9.17, 15) is 4.79 Å². The third-order valence-corrected chi connectivity index (χ3v) is 4.26. The van der Waals surface area contributed by atoms with Crippen LogP contribution in [0.15, 0.2) is 48.5 Å². The van der Waals surface area contributed by atoms with Gasteiger partial charge in [0.1, 0.15) is 23.6 Å². The van der Waals surface area contributed by atoms with E-state index in [1.807, 2.05) is 42.2 Å². The summed E-state index contributed by atoms with van der Waals surface area (Å²) in [6, 6.07) is 16.4. The van der Waals surface area contributed by atoms with Gasteiger partial charge in [0, 0.05) is 18.8 Å². The van der Waals surface area contributed by atoms with E-state index in [0.717, 1.165) is 31.6 Å². The van der Waals surface area contributed by atoms with Gasteiger partial charge in [0.25, 0.3) is 0 Å². The first-order chi connectivity index (χ1) is 12.2. The molecule has 1 aliphatic heterocycles. The first-order valence-corrected chi connectivity index (χ1v) is 8.50. The van der Waals surface area contributed by atoms with Crippen molar-refractivity contribution in [3.05, 3.63) is 54.1 Å². The van der Waals surface area contributed by atoms with Crippen LogP contribution in [0, 0.1) is 11.3 Å². The molecule has 25 heavy (non-hydrogen) atoms. The van der Waals surface area contributed by atoms with Crippen LogP contribution in [-0.2, 0) is 4.79 Å². The van der Waals surface area contributed by atoms with Gasteiger partial charge >= 0.3 is 0 Å². The standard InChI is InChI=1S/C20H21N3O2/c1-15(20(24)23-12-4-5-13-23)22-17-8-10-18(11-9-17)25-19-7-3-2-6-16(19)14-21/h2-3,6-11,15,22H,4-5,12-13H2,1H3. The Kier molecular flexibility index (Phi) is 5.20. The molecule has 5 nitrogen and oxygen atoms in total. The Morgan fingerprint density at radius 3 is 2.52 bits per heavy atom. The molecule has 1 saturated heterocycles. The second-order valence-corrected chi connectivity index (χ2v) is 6.13. The molecule has 1 aliphatic rings. The lowest BCUT2D eigenvalue weighted by Gasteiger charge is -2.22. The predicted molar refractivity (Wildman–Crippen MR) is 96.6 cm³/mol. The van der Waals surface area contributed by atoms with Crippen molar-refractivity contribution in [2.45, 2.75) is 25.8 Å². The van der Waals surface area contributed by atoms with Crippen molar-refractivity contribution >= 4 is 11.6 Å². The van der Waals surface area contributed by atoms with Crippen molar-refractivity contribution in [1.82, 2.24) is 4.90 Å². The number of nitrogens with zero attached hydrogens (tertiary/aromatic N) is 2. The fourth-order valence-corrected chi connectivity index (χ4v) is 2.92. The van der Waals surface area contributed by atoms with Crippen molar-refractivity contribution in [3.8, 4) is 17.6 Å². The summed E-state index contributed by atoms with van der Waals surface area (Å²) in [5.74, 6) is 1.32. The number of anilines is 1. The maximum atomic E-state index is 12.3. The molecule has 0 radical (unpaired) electrons. The molecule has 2 aromatic carbocycles. The van der Waals surface area contributed by atoms with Gasteiger partial charge in [-0.25, -0.2) is 0 Å². The minimum atomic E-state index is -0.260. The third kappa shape index (κ3) is 4.10. The molecule has 0 saturated carbocycles. The Bertz CT molecular complexity index is 774. The molecule has 1 heterocycles.